The molecule has 0 fully saturated rings. The topological polar surface area (TPSA) is 237 Å². The van der Waals surface area contributed by atoms with Crippen molar-refractivity contribution in [1.29, 1.82) is 0 Å². The van der Waals surface area contributed by atoms with Gasteiger partial charge >= 0.3 is 39.5 Å². The Morgan fingerprint density at radius 3 is 0.694 bits per heavy atom. The highest BCUT2D eigenvalue weighted by Gasteiger charge is 2.30. The van der Waals surface area contributed by atoms with Gasteiger partial charge in [-0.05, 0) is 25.7 Å². The fourth-order valence-corrected chi connectivity index (χ4v) is 11.6. The van der Waals surface area contributed by atoms with Crippen molar-refractivity contribution in [3.05, 3.63) is 0 Å². The van der Waals surface area contributed by atoms with Gasteiger partial charge in [0.2, 0.25) is 0 Å². The SMILES string of the molecule is CCCCCCCCCCCCCCCCCCCCC(=O)O[C@H](COC(=O)CCCCCCCCCCCCC)COP(=O)(O)OC[C@@H](O)COP(=O)(O)OC[C@@H](COC(=O)CCCCCCCCC)OC(=O)CCCCCCCCCCC. The third-order valence-electron chi connectivity index (χ3n) is 15.4. The van der Waals surface area contributed by atoms with Crippen LogP contribution in [0.4, 0.5) is 0 Å². The first kappa shape index (κ1) is 83.1. The summed E-state index contributed by atoms with van der Waals surface area (Å²) in [5, 5.41) is 10.5. The van der Waals surface area contributed by atoms with Crippen LogP contribution in [0.1, 0.15) is 342 Å². The van der Waals surface area contributed by atoms with Crippen molar-refractivity contribution in [3.63, 3.8) is 0 Å². The van der Waals surface area contributed by atoms with E-state index < -0.39 is 97.5 Å². The Hall–Kier alpha value is -1.94. The summed E-state index contributed by atoms with van der Waals surface area (Å²) in [6.45, 7) is 4.85. The number of carbonyl (C=O) groups excluding carboxylic acids is 4. The second kappa shape index (κ2) is 60.9. The summed E-state index contributed by atoms with van der Waals surface area (Å²) < 4.78 is 67.9. The van der Waals surface area contributed by atoms with E-state index >= 15 is 0 Å². The first-order valence-electron chi connectivity index (χ1n) is 34.8. The summed E-state index contributed by atoms with van der Waals surface area (Å²) in [6.07, 6.45) is 47.3. The molecule has 0 amide bonds. The third-order valence-corrected chi connectivity index (χ3v) is 17.3. The summed E-state index contributed by atoms with van der Waals surface area (Å²) in [6, 6.07) is 0. The molecule has 0 aliphatic carbocycles. The van der Waals surface area contributed by atoms with E-state index in [0.717, 1.165) is 103 Å². The number of hydrogen-bond donors (Lipinski definition) is 3. The highest BCUT2D eigenvalue weighted by molar-refractivity contribution is 7.47. The van der Waals surface area contributed by atoms with E-state index in [1.54, 1.807) is 0 Å². The van der Waals surface area contributed by atoms with Gasteiger partial charge in [-0.1, -0.05) is 291 Å². The zero-order valence-electron chi connectivity index (χ0n) is 54.6. The van der Waals surface area contributed by atoms with Crippen LogP contribution in [0.3, 0.4) is 0 Å². The lowest BCUT2D eigenvalue weighted by molar-refractivity contribution is -0.161. The van der Waals surface area contributed by atoms with Gasteiger partial charge in [0, 0.05) is 25.7 Å². The second-order valence-electron chi connectivity index (χ2n) is 23.9. The maximum absolute atomic E-state index is 13.0. The Morgan fingerprint density at radius 1 is 0.282 bits per heavy atom. The molecule has 0 aliphatic heterocycles. The molecule has 17 nitrogen and oxygen atoms in total. The van der Waals surface area contributed by atoms with Gasteiger partial charge < -0.3 is 33.8 Å². The maximum atomic E-state index is 13.0. The minimum atomic E-state index is -4.94. The van der Waals surface area contributed by atoms with Crippen LogP contribution in [0.25, 0.3) is 0 Å². The zero-order valence-corrected chi connectivity index (χ0v) is 56.4. The Morgan fingerprint density at radius 2 is 0.471 bits per heavy atom. The number of phosphoric ester groups is 2. The molecule has 0 aromatic heterocycles. The summed E-state index contributed by atoms with van der Waals surface area (Å²) in [5.41, 5.74) is 0. The molecule has 0 aromatic carbocycles. The molecular formula is C66H128O17P2. The quantitative estimate of drug-likeness (QED) is 0.0222. The first-order valence-corrected chi connectivity index (χ1v) is 37.8. The normalized spacial score (nSPS) is 14.1. The molecule has 0 aromatic rings. The fraction of sp³-hybridized carbons (Fsp3) is 0.939. The highest BCUT2D eigenvalue weighted by Crippen LogP contribution is 2.45. The molecule has 85 heavy (non-hydrogen) atoms. The lowest BCUT2D eigenvalue weighted by atomic mass is 10.0. The Kier molecular flexibility index (Phi) is 59.6. The highest BCUT2D eigenvalue weighted by atomic mass is 31.2. The lowest BCUT2D eigenvalue weighted by Crippen LogP contribution is -2.30. The Balaban J connectivity index is 5.16. The average molecular weight is 1260 g/mol. The van der Waals surface area contributed by atoms with Crippen LogP contribution >= 0.6 is 15.6 Å². The molecule has 504 valence electrons. The number of ether oxygens (including phenoxy) is 4. The van der Waals surface area contributed by atoms with E-state index in [9.17, 15) is 43.2 Å². The maximum Gasteiger partial charge on any atom is 0.472 e. The molecule has 5 atom stereocenters. The molecule has 19 heteroatoms. The largest absolute Gasteiger partial charge is 0.472 e. The van der Waals surface area contributed by atoms with Crippen LogP contribution in [-0.2, 0) is 65.4 Å². The van der Waals surface area contributed by atoms with E-state index in [-0.39, 0.29) is 25.7 Å². The van der Waals surface area contributed by atoms with Crippen molar-refractivity contribution in [2.24, 2.45) is 0 Å². The molecule has 0 bridgehead atoms. The van der Waals surface area contributed by atoms with Crippen molar-refractivity contribution < 1.29 is 80.2 Å². The number of aliphatic hydroxyl groups excluding tert-OH is 1. The minimum Gasteiger partial charge on any atom is -0.462 e. The van der Waals surface area contributed by atoms with Gasteiger partial charge in [0.15, 0.2) is 12.2 Å². The summed E-state index contributed by atoms with van der Waals surface area (Å²) in [5.74, 6) is -2.13. The van der Waals surface area contributed by atoms with Crippen molar-refractivity contribution in [2.45, 2.75) is 361 Å². The molecule has 3 N–H and O–H groups in total. The van der Waals surface area contributed by atoms with Crippen LogP contribution in [0.5, 0.6) is 0 Å². The van der Waals surface area contributed by atoms with Gasteiger partial charge in [0.25, 0.3) is 0 Å². The minimum absolute atomic E-state index is 0.106. The van der Waals surface area contributed by atoms with Gasteiger partial charge in [-0.25, -0.2) is 9.13 Å². The van der Waals surface area contributed by atoms with Crippen molar-refractivity contribution >= 4 is 39.5 Å². The van der Waals surface area contributed by atoms with E-state index in [2.05, 4.69) is 27.7 Å². The molecule has 0 heterocycles. The van der Waals surface area contributed by atoms with Crippen molar-refractivity contribution in [2.75, 3.05) is 39.6 Å². The molecule has 0 spiro atoms. The van der Waals surface area contributed by atoms with Crippen LogP contribution in [-0.4, -0.2) is 96.7 Å². The van der Waals surface area contributed by atoms with Crippen LogP contribution in [0.2, 0.25) is 0 Å². The Labute approximate surface area is 517 Å². The van der Waals surface area contributed by atoms with Gasteiger partial charge in [0.05, 0.1) is 26.4 Å². The van der Waals surface area contributed by atoms with Crippen molar-refractivity contribution in [1.82, 2.24) is 0 Å². The van der Waals surface area contributed by atoms with Crippen molar-refractivity contribution in [3.8, 4) is 0 Å². The van der Waals surface area contributed by atoms with Crippen LogP contribution < -0.4 is 0 Å². The van der Waals surface area contributed by atoms with E-state index in [1.807, 2.05) is 0 Å². The number of carbonyl (C=O) groups is 4. The van der Waals surface area contributed by atoms with Gasteiger partial charge in [-0.15, -0.1) is 0 Å². The average Bonchev–Trinajstić information content (AvgIpc) is 3.57. The molecule has 0 aliphatic rings. The summed E-state index contributed by atoms with van der Waals surface area (Å²) in [4.78, 5) is 72.1. The van der Waals surface area contributed by atoms with Gasteiger partial charge in [-0.2, -0.15) is 0 Å². The molecule has 0 radical (unpaired) electrons. The third kappa shape index (κ3) is 60.7. The predicted molar refractivity (Wildman–Crippen MR) is 340 cm³/mol. The van der Waals surface area contributed by atoms with Crippen LogP contribution in [0, 0.1) is 0 Å². The van der Waals surface area contributed by atoms with E-state index in [4.69, 9.17) is 37.0 Å². The summed E-state index contributed by atoms with van der Waals surface area (Å²) in [7, 11) is -9.88. The lowest BCUT2D eigenvalue weighted by Gasteiger charge is -2.21. The van der Waals surface area contributed by atoms with E-state index in [1.165, 1.54) is 161 Å². The number of rotatable bonds is 67. The first-order chi connectivity index (χ1) is 41.2. The molecule has 2 unspecified atom stereocenters. The fourth-order valence-electron chi connectivity index (χ4n) is 9.99. The van der Waals surface area contributed by atoms with Crippen LogP contribution in [0.15, 0.2) is 0 Å². The standard InChI is InChI=1S/C66H128O17P2/c1-5-9-13-17-21-24-26-27-28-29-30-31-32-34-37-41-45-49-53-66(71)83-62(57-77-64(69)51-47-43-39-36-33-25-22-18-14-10-6-2)59-81-85(74,75)79-55-60(67)54-78-84(72,73)80-58-61(56-76-63(68)50-46-42-38-20-16-12-8-4)82-65(70)52-48-44-40-35-23-19-15-11-7-3/h60-62,67H,5-59H2,1-4H3,(H,72,73)(H,74,75)/t60-,61+,62+/m0/s1. The smallest absolute Gasteiger partial charge is 0.462 e. The molecular weight excluding hydrogens is 1130 g/mol. The monoisotopic (exact) mass is 1250 g/mol. The zero-order chi connectivity index (χ0) is 62.6. The number of unbranched alkanes of at least 4 members (excludes halogenated alkanes) is 41. The molecule has 0 rings (SSSR count). The molecule has 0 saturated heterocycles. The number of phosphoric acid groups is 2. The van der Waals surface area contributed by atoms with Gasteiger partial charge in [-0.3, -0.25) is 37.3 Å². The van der Waals surface area contributed by atoms with E-state index in [0.29, 0.717) is 25.7 Å². The Bertz CT molecular complexity index is 1640. The molecule has 0 saturated carbocycles. The number of aliphatic hydroxyl groups is 1. The summed E-state index contributed by atoms with van der Waals surface area (Å²) >= 11 is 0. The second-order valence-corrected chi connectivity index (χ2v) is 26.8. The number of hydrogen-bond acceptors (Lipinski definition) is 15. The van der Waals surface area contributed by atoms with Gasteiger partial charge in [0.1, 0.15) is 19.3 Å². The predicted octanol–water partition coefficient (Wildman–Crippen LogP) is 18.7. The number of esters is 4.